The highest BCUT2D eigenvalue weighted by molar-refractivity contribution is 14.1. The van der Waals surface area contributed by atoms with Crippen LogP contribution in [-0.4, -0.2) is 19.5 Å². The summed E-state index contributed by atoms with van der Waals surface area (Å²) in [7, 11) is 1.50. The predicted octanol–water partition coefficient (Wildman–Crippen LogP) is 4.98. The lowest BCUT2D eigenvalue weighted by molar-refractivity contribution is 0.0918. The van der Waals surface area contributed by atoms with Crippen LogP contribution in [0.5, 0.6) is 11.5 Å². The van der Waals surface area contributed by atoms with Gasteiger partial charge in [-0.3, -0.25) is 4.79 Å². The number of ketones is 1. The van der Waals surface area contributed by atoms with Gasteiger partial charge in [0.25, 0.3) is 0 Å². The Bertz CT molecular complexity index is 676. The van der Waals surface area contributed by atoms with E-state index in [0.29, 0.717) is 22.1 Å². The fourth-order valence-electron chi connectivity index (χ4n) is 1.71. The van der Waals surface area contributed by atoms with Crippen LogP contribution in [0.25, 0.3) is 0 Å². The van der Waals surface area contributed by atoms with Gasteiger partial charge in [-0.2, -0.15) is 0 Å². The summed E-state index contributed by atoms with van der Waals surface area (Å²) in [5.41, 5.74) is 0.451. The molecule has 0 unspecified atom stereocenters. The smallest absolute Gasteiger partial charge is 0.203 e. The molecule has 0 saturated carbocycles. The van der Waals surface area contributed by atoms with E-state index in [4.69, 9.17) is 21.1 Å². The van der Waals surface area contributed by atoms with Crippen molar-refractivity contribution >= 4 is 55.9 Å². The average molecular weight is 482 g/mol. The summed E-state index contributed by atoms with van der Waals surface area (Å²) in [6, 6.07) is 10.5. The van der Waals surface area contributed by atoms with Gasteiger partial charge < -0.3 is 9.47 Å². The monoisotopic (exact) mass is 480 g/mol. The van der Waals surface area contributed by atoms with Crippen LogP contribution in [0.2, 0.25) is 5.02 Å². The third-order valence-corrected chi connectivity index (χ3v) is 5.49. The summed E-state index contributed by atoms with van der Waals surface area (Å²) in [6.45, 7) is -0.0650. The lowest BCUT2D eigenvalue weighted by Gasteiger charge is -2.11. The van der Waals surface area contributed by atoms with Crippen LogP contribution < -0.4 is 9.47 Å². The quantitative estimate of drug-likeness (QED) is 0.447. The highest BCUT2D eigenvalue weighted by atomic mass is 127. The number of hydrogen-bond acceptors (Lipinski definition) is 3. The first-order valence-electron chi connectivity index (χ1n) is 5.96. The molecule has 0 N–H and O–H groups in total. The van der Waals surface area contributed by atoms with E-state index in [1.807, 2.05) is 18.2 Å². The maximum Gasteiger partial charge on any atom is 0.203 e. The van der Waals surface area contributed by atoms with E-state index in [0.717, 1.165) is 8.04 Å². The minimum absolute atomic E-state index is 0.0650. The molecule has 0 aliphatic heterocycles. The third-order valence-electron chi connectivity index (χ3n) is 2.74. The van der Waals surface area contributed by atoms with E-state index in [9.17, 15) is 4.79 Å². The normalized spacial score (nSPS) is 10.3. The van der Waals surface area contributed by atoms with Gasteiger partial charge in [0.05, 0.1) is 16.2 Å². The Balaban J connectivity index is 2.14. The van der Waals surface area contributed by atoms with Gasteiger partial charge in [0.1, 0.15) is 11.5 Å². The molecule has 0 fully saturated rings. The fraction of sp³-hybridized carbons (Fsp3) is 0.133. The van der Waals surface area contributed by atoms with Crippen molar-refractivity contribution in [2.45, 2.75) is 0 Å². The number of Topliss-reactive ketones (excluding diaryl/α,β-unsaturated/α-hetero) is 1. The van der Waals surface area contributed by atoms with Gasteiger partial charge in [0.2, 0.25) is 5.78 Å². The molecule has 0 saturated heterocycles. The molecule has 21 heavy (non-hydrogen) atoms. The minimum atomic E-state index is -0.167. The molecule has 2 aromatic carbocycles. The number of halogens is 3. The van der Waals surface area contributed by atoms with Gasteiger partial charge in [-0.25, -0.2) is 0 Å². The molecule has 110 valence electrons. The molecule has 0 aliphatic rings. The van der Waals surface area contributed by atoms with Crippen molar-refractivity contribution in [1.82, 2.24) is 0 Å². The summed E-state index contributed by atoms with van der Waals surface area (Å²) in [6.07, 6.45) is 0. The Morgan fingerprint density at radius 2 is 2.05 bits per heavy atom. The first-order chi connectivity index (χ1) is 10.0. The topological polar surface area (TPSA) is 35.5 Å². The molecule has 0 aliphatic carbocycles. The highest BCUT2D eigenvalue weighted by Crippen LogP contribution is 2.29. The lowest BCUT2D eigenvalue weighted by atomic mass is 10.1. The van der Waals surface area contributed by atoms with Gasteiger partial charge in [0, 0.05) is 9.50 Å². The van der Waals surface area contributed by atoms with Gasteiger partial charge in [-0.1, -0.05) is 17.7 Å². The Kier molecular flexibility index (Phi) is 5.89. The second-order valence-electron chi connectivity index (χ2n) is 4.11. The van der Waals surface area contributed by atoms with Gasteiger partial charge >= 0.3 is 0 Å². The molecule has 3 nitrogen and oxygen atoms in total. The molecule has 0 heterocycles. The number of ether oxygens (including phenoxy) is 2. The van der Waals surface area contributed by atoms with Crippen LogP contribution >= 0.6 is 50.1 Å². The molecule has 0 radical (unpaired) electrons. The van der Waals surface area contributed by atoms with E-state index < -0.39 is 0 Å². The second kappa shape index (κ2) is 7.47. The van der Waals surface area contributed by atoms with Crippen molar-refractivity contribution in [3.05, 3.63) is 55.0 Å². The lowest BCUT2D eigenvalue weighted by Crippen LogP contribution is -2.13. The van der Waals surface area contributed by atoms with Crippen LogP contribution in [0.4, 0.5) is 0 Å². The Morgan fingerprint density at radius 3 is 2.76 bits per heavy atom. The van der Waals surface area contributed by atoms with Crippen molar-refractivity contribution in [3.8, 4) is 11.5 Å². The zero-order chi connectivity index (χ0) is 15.4. The van der Waals surface area contributed by atoms with Crippen molar-refractivity contribution in [2.75, 3.05) is 13.7 Å². The first kappa shape index (κ1) is 16.6. The number of benzene rings is 2. The van der Waals surface area contributed by atoms with Crippen LogP contribution in [-0.2, 0) is 0 Å². The molecular weight excluding hydrogens is 470 g/mol. The summed E-state index contributed by atoms with van der Waals surface area (Å²) in [5.74, 6) is 0.936. The zero-order valence-corrected chi connectivity index (χ0v) is 15.5. The summed E-state index contributed by atoms with van der Waals surface area (Å²) < 4.78 is 12.6. The van der Waals surface area contributed by atoms with Crippen LogP contribution in [0, 0.1) is 3.57 Å². The van der Waals surface area contributed by atoms with Crippen molar-refractivity contribution in [3.63, 3.8) is 0 Å². The van der Waals surface area contributed by atoms with Gasteiger partial charge in [-0.15, -0.1) is 0 Å². The standard InChI is InChI=1S/C15H11BrClIO3/c1-20-14-7-9(17)5-6-10(14)12(19)8-21-13-4-2-3-11(16)15(13)18/h2-7H,8H2,1H3. The highest BCUT2D eigenvalue weighted by Gasteiger charge is 2.14. The van der Waals surface area contributed by atoms with E-state index in [1.54, 1.807) is 18.2 Å². The van der Waals surface area contributed by atoms with E-state index >= 15 is 0 Å². The molecule has 0 aromatic heterocycles. The van der Waals surface area contributed by atoms with E-state index in [1.165, 1.54) is 7.11 Å². The Labute approximate surface area is 149 Å². The molecule has 0 amide bonds. The Hall–Kier alpha value is -0.790. The molecule has 6 heteroatoms. The molecular formula is C15H11BrClIO3. The molecule has 0 bridgehead atoms. The fourth-order valence-corrected chi connectivity index (χ4v) is 2.74. The third kappa shape index (κ3) is 4.11. The summed E-state index contributed by atoms with van der Waals surface area (Å²) in [4.78, 5) is 12.2. The summed E-state index contributed by atoms with van der Waals surface area (Å²) >= 11 is 11.5. The Morgan fingerprint density at radius 1 is 1.29 bits per heavy atom. The number of methoxy groups -OCH3 is 1. The predicted molar refractivity (Wildman–Crippen MR) is 94.7 cm³/mol. The van der Waals surface area contributed by atoms with Crippen LogP contribution in [0.1, 0.15) is 10.4 Å². The largest absolute Gasteiger partial charge is 0.496 e. The van der Waals surface area contributed by atoms with E-state index in [2.05, 4.69) is 38.5 Å². The van der Waals surface area contributed by atoms with Crippen molar-refractivity contribution in [2.24, 2.45) is 0 Å². The van der Waals surface area contributed by atoms with Gasteiger partial charge in [-0.05, 0) is 68.9 Å². The van der Waals surface area contributed by atoms with E-state index in [-0.39, 0.29) is 12.4 Å². The van der Waals surface area contributed by atoms with Crippen molar-refractivity contribution in [1.29, 1.82) is 0 Å². The molecule has 0 atom stereocenters. The number of carbonyl (C=O) groups is 1. The SMILES string of the molecule is COc1cc(Cl)ccc1C(=O)COc1cccc(Br)c1I. The minimum Gasteiger partial charge on any atom is -0.496 e. The number of rotatable bonds is 5. The van der Waals surface area contributed by atoms with Crippen LogP contribution in [0.15, 0.2) is 40.9 Å². The maximum atomic E-state index is 12.2. The van der Waals surface area contributed by atoms with Gasteiger partial charge in [0.15, 0.2) is 6.61 Å². The number of carbonyl (C=O) groups excluding carboxylic acids is 1. The second-order valence-corrected chi connectivity index (χ2v) is 6.48. The zero-order valence-electron chi connectivity index (χ0n) is 11.0. The average Bonchev–Trinajstić information content (AvgIpc) is 2.48. The molecule has 0 spiro atoms. The van der Waals surface area contributed by atoms with Crippen LogP contribution in [0.3, 0.4) is 0 Å². The number of hydrogen-bond donors (Lipinski definition) is 0. The first-order valence-corrected chi connectivity index (χ1v) is 8.21. The summed E-state index contributed by atoms with van der Waals surface area (Å²) in [5, 5.41) is 0.519. The molecule has 2 rings (SSSR count). The molecule has 2 aromatic rings. The maximum absolute atomic E-state index is 12.2. The van der Waals surface area contributed by atoms with Crippen molar-refractivity contribution < 1.29 is 14.3 Å².